The van der Waals surface area contributed by atoms with Crippen molar-refractivity contribution in [3.8, 4) is 5.69 Å². The first-order valence-electron chi connectivity index (χ1n) is 7.26. The highest BCUT2D eigenvalue weighted by Crippen LogP contribution is 2.19. The van der Waals surface area contributed by atoms with Gasteiger partial charge in [0.15, 0.2) is 0 Å². The minimum atomic E-state index is -4.68. The minimum absolute atomic E-state index is 0.138. The summed E-state index contributed by atoms with van der Waals surface area (Å²) in [6, 6.07) is 11.1. The lowest BCUT2D eigenvalue weighted by molar-refractivity contribution is 0.102. The number of nitrogens with one attached hydrogen (secondary N) is 1. The van der Waals surface area contributed by atoms with E-state index in [0.717, 1.165) is 17.8 Å². The van der Waals surface area contributed by atoms with Gasteiger partial charge in [0.05, 0.1) is 10.6 Å². The number of nitrogens with zero attached hydrogens (tertiary/aromatic N) is 3. The highest BCUT2D eigenvalue weighted by molar-refractivity contribution is 7.91. The second-order valence-electron chi connectivity index (χ2n) is 5.17. The van der Waals surface area contributed by atoms with Crippen molar-refractivity contribution >= 4 is 21.4 Å². The third kappa shape index (κ3) is 3.59. The van der Waals surface area contributed by atoms with Gasteiger partial charge in [-0.25, -0.2) is 18.1 Å². The standard InChI is InChI=1S/C16H12F2N4O3S/c17-16(18)26(24,25)14-7-1-11(2-8-14)15(23)21-12-3-5-13(6-4-12)22-10-19-9-20-22/h1-10,16H,(H,21,23). The Morgan fingerprint density at radius 1 is 1.04 bits per heavy atom. The van der Waals surface area contributed by atoms with Crippen molar-refractivity contribution in [3.63, 3.8) is 0 Å². The van der Waals surface area contributed by atoms with Gasteiger partial charge in [-0.15, -0.1) is 0 Å². The second kappa shape index (κ2) is 7.00. The molecular formula is C16H12F2N4O3S. The Morgan fingerprint density at radius 2 is 1.69 bits per heavy atom. The van der Waals surface area contributed by atoms with Gasteiger partial charge in [0.25, 0.3) is 5.91 Å². The zero-order valence-electron chi connectivity index (χ0n) is 13.1. The molecule has 0 aliphatic carbocycles. The zero-order valence-corrected chi connectivity index (χ0v) is 13.9. The largest absolute Gasteiger partial charge is 0.341 e. The summed E-state index contributed by atoms with van der Waals surface area (Å²) in [5.74, 6) is -4.01. The lowest BCUT2D eigenvalue weighted by Gasteiger charge is -2.08. The Balaban J connectivity index is 1.72. The van der Waals surface area contributed by atoms with Gasteiger partial charge in [-0.1, -0.05) is 0 Å². The molecule has 1 heterocycles. The molecule has 1 aromatic heterocycles. The molecule has 1 N–H and O–H groups in total. The van der Waals surface area contributed by atoms with Crippen molar-refractivity contribution < 1.29 is 22.0 Å². The molecule has 0 radical (unpaired) electrons. The molecule has 0 atom stereocenters. The van der Waals surface area contributed by atoms with Crippen LogP contribution in [-0.2, 0) is 9.84 Å². The third-order valence-electron chi connectivity index (χ3n) is 3.49. The SMILES string of the molecule is O=C(Nc1ccc(-n2cncn2)cc1)c1ccc(S(=O)(=O)C(F)F)cc1. The maximum absolute atomic E-state index is 12.5. The average Bonchev–Trinajstić information content (AvgIpc) is 3.17. The van der Waals surface area contributed by atoms with Gasteiger partial charge < -0.3 is 5.32 Å². The van der Waals surface area contributed by atoms with Crippen LogP contribution >= 0.6 is 0 Å². The Kier molecular flexibility index (Phi) is 4.76. The van der Waals surface area contributed by atoms with E-state index >= 15 is 0 Å². The number of hydrogen-bond donors (Lipinski definition) is 1. The van der Waals surface area contributed by atoms with Crippen LogP contribution < -0.4 is 5.32 Å². The van der Waals surface area contributed by atoms with E-state index in [2.05, 4.69) is 15.4 Å². The van der Waals surface area contributed by atoms with Gasteiger partial charge >= 0.3 is 5.76 Å². The molecule has 1 amide bonds. The van der Waals surface area contributed by atoms with E-state index in [1.807, 2.05) is 0 Å². The fourth-order valence-corrected chi connectivity index (χ4v) is 2.86. The fraction of sp³-hybridized carbons (Fsp3) is 0.0625. The van der Waals surface area contributed by atoms with Crippen LogP contribution in [0.1, 0.15) is 10.4 Å². The molecular weight excluding hydrogens is 366 g/mol. The Labute approximate surface area is 147 Å². The fourth-order valence-electron chi connectivity index (χ4n) is 2.14. The summed E-state index contributed by atoms with van der Waals surface area (Å²) in [6.45, 7) is 0. The molecule has 26 heavy (non-hydrogen) atoms. The van der Waals surface area contributed by atoms with Gasteiger partial charge in [-0.05, 0) is 48.5 Å². The smallest absolute Gasteiger partial charge is 0.322 e. The van der Waals surface area contributed by atoms with E-state index in [1.165, 1.54) is 24.8 Å². The predicted octanol–water partition coefficient (Wildman–Crippen LogP) is 2.52. The summed E-state index contributed by atoms with van der Waals surface area (Å²) in [7, 11) is -4.68. The topological polar surface area (TPSA) is 93.9 Å². The average molecular weight is 378 g/mol. The Hall–Kier alpha value is -3.14. The quantitative estimate of drug-likeness (QED) is 0.736. The van der Waals surface area contributed by atoms with Gasteiger partial charge in [0.1, 0.15) is 12.7 Å². The molecule has 0 aliphatic rings. The van der Waals surface area contributed by atoms with Crippen LogP contribution in [0.5, 0.6) is 0 Å². The van der Waals surface area contributed by atoms with Crippen LogP contribution in [0.2, 0.25) is 0 Å². The number of hydrogen-bond acceptors (Lipinski definition) is 5. The molecule has 0 fully saturated rings. The second-order valence-corrected chi connectivity index (χ2v) is 7.09. The molecule has 0 spiro atoms. The molecule has 0 aliphatic heterocycles. The summed E-state index contributed by atoms with van der Waals surface area (Å²) >= 11 is 0. The summed E-state index contributed by atoms with van der Waals surface area (Å²) < 4.78 is 49.3. The molecule has 0 saturated carbocycles. The van der Waals surface area contributed by atoms with Crippen molar-refractivity contribution in [1.82, 2.24) is 14.8 Å². The van der Waals surface area contributed by atoms with Crippen LogP contribution in [0.25, 0.3) is 5.69 Å². The van der Waals surface area contributed by atoms with E-state index in [9.17, 15) is 22.0 Å². The van der Waals surface area contributed by atoms with Crippen LogP contribution in [0.4, 0.5) is 14.5 Å². The summed E-state index contributed by atoms with van der Waals surface area (Å²) in [6.07, 6.45) is 2.93. The molecule has 134 valence electrons. The number of halogens is 2. The van der Waals surface area contributed by atoms with Crippen molar-refractivity contribution in [1.29, 1.82) is 0 Å². The summed E-state index contributed by atoms with van der Waals surface area (Å²) in [5.41, 5.74) is 1.39. The first-order valence-corrected chi connectivity index (χ1v) is 8.81. The lowest BCUT2D eigenvalue weighted by atomic mass is 10.2. The van der Waals surface area contributed by atoms with Gasteiger partial charge in [-0.2, -0.15) is 13.9 Å². The highest BCUT2D eigenvalue weighted by atomic mass is 32.2. The first-order chi connectivity index (χ1) is 12.4. The van der Waals surface area contributed by atoms with E-state index in [4.69, 9.17) is 0 Å². The van der Waals surface area contributed by atoms with E-state index in [1.54, 1.807) is 28.9 Å². The number of alkyl halides is 2. The molecule has 0 unspecified atom stereocenters. The zero-order chi connectivity index (χ0) is 18.7. The minimum Gasteiger partial charge on any atom is -0.322 e. The maximum atomic E-state index is 12.5. The Morgan fingerprint density at radius 3 is 2.23 bits per heavy atom. The number of anilines is 1. The molecule has 3 rings (SSSR count). The number of aromatic nitrogens is 3. The number of rotatable bonds is 5. The lowest BCUT2D eigenvalue weighted by Crippen LogP contribution is -2.14. The third-order valence-corrected chi connectivity index (χ3v) is 4.89. The molecule has 2 aromatic carbocycles. The maximum Gasteiger partial charge on any atom is 0.341 e. The Bertz CT molecular complexity index is 1000. The molecule has 0 saturated heterocycles. The van der Waals surface area contributed by atoms with E-state index in [0.29, 0.717) is 5.69 Å². The first kappa shape index (κ1) is 17.7. The number of carbonyl (C=O) groups excluding carboxylic acids is 1. The van der Waals surface area contributed by atoms with Gasteiger partial charge in [-0.3, -0.25) is 4.79 Å². The molecule has 0 bridgehead atoms. The summed E-state index contributed by atoms with van der Waals surface area (Å²) in [4.78, 5) is 15.5. The highest BCUT2D eigenvalue weighted by Gasteiger charge is 2.26. The van der Waals surface area contributed by atoms with Crippen LogP contribution in [0, 0.1) is 0 Å². The van der Waals surface area contributed by atoms with Crippen molar-refractivity contribution in [3.05, 3.63) is 66.7 Å². The van der Waals surface area contributed by atoms with E-state index in [-0.39, 0.29) is 5.56 Å². The number of sulfone groups is 1. The van der Waals surface area contributed by atoms with E-state index < -0.39 is 26.4 Å². The van der Waals surface area contributed by atoms with Crippen molar-refractivity contribution in [2.75, 3.05) is 5.32 Å². The number of benzene rings is 2. The van der Waals surface area contributed by atoms with Crippen LogP contribution in [-0.4, -0.2) is 34.8 Å². The monoisotopic (exact) mass is 378 g/mol. The molecule has 3 aromatic rings. The normalized spacial score (nSPS) is 11.5. The van der Waals surface area contributed by atoms with Crippen molar-refractivity contribution in [2.45, 2.75) is 10.7 Å². The van der Waals surface area contributed by atoms with Gasteiger partial charge in [0, 0.05) is 11.3 Å². The number of carbonyl (C=O) groups is 1. The van der Waals surface area contributed by atoms with Crippen molar-refractivity contribution in [2.24, 2.45) is 0 Å². The molecule has 10 heteroatoms. The summed E-state index contributed by atoms with van der Waals surface area (Å²) in [5, 5.41) is 6.61. The number of amides is 1. The molecule has 7 nitrogen and oxygen atoms in total. The van der Waals surface area contributed by atoms with Crippen LogP contribution in [0.3, 0.4) is 0 Å². The predicted molar refractivity (Wildman–Crippen MR) is 88.9 cm³/mol. The van der Waals surface area contributed by atoms with Crippen LogP contribution in [0.15, 0.2) is 66.1 Å². The van der Waals surface area contributed by atoms with Gasteiger partial charge in [0.2, 0.25) is 9.84 Å².